The molecule has 6 rings (SSSR count). The third-order valence-corrected chi connectivity index (χ3v) is 8.96. The molecule has 1 saturated heterocycles. The molecular formula is C33H29Cl2N5OS. The highest BCUT2D eigenvalue weighted by atomic mass is 35.5. The molecule has 42 heavy (non-hydrogen) atoms. The number of amides is 1. The minimum atomic E-state index is -0.205. The van der Waals surface area contributed by atoms with Crippen molar-refractivity contribution >= 4 is 62.9 Å². The molecule has 0 bridgehead atoms. The minimum absolute atomic E-state index is 0.0784. The summed E-state index contributed by atoms with van der Waals surface area (Å²) >= 11 is 18.9. The van der Waals surface area contributed by atoms with Crippen LogP contribution in [0.1, 0.15) is 41.1 Å². The number of hydrogen-bond donors (Lipinski definition) is 2. The fraction of sp³-hybridized carbons (Fsp3) is 0.182. The summed E-state index contributed by atoms with van der Waals surface area (Å²) in [6.45, 7) is 4.55. The van der Waals surface area contributed by atoms with Crippen molar-refractivity contribution in [1.29, 1.82) is 0 Å². The van der Waals surface area contributed by atoms with Crippen molar-refractivity contribution in [1.82, 2.24) is 19.8 Å². The maximum atomic E-state index is 13.2. The first-order valence-electron chi connectivity index (χ1n) is 13.7. The van der Waals surface area contributed by atoms with E-state index < -0.39 is 0 Å². The van der Waals surface area contributed by atoms with Crippen molar-refractivity contribution in [3.8, 4) is 5.69 Å². The van der Waals surface area contributed by atoms with Gasteiger partial charge in [0.05, 0.1) is 33.5 Å². The van der Waals surface area contributed by atoms with E-state index in [1.54, 1.807) is 12.3 Å². The number of carbonyl (C=O) groups is 1. The minimum Gasteiger partial charge on any atom is -0.352 e. The number of fused-ring (bicyclic) bond motifs is 1. The summed E-state index contributed by atoms with van der Waals surface area (Å²) in [7, 11) is 0. The van der Waals surface area contributed by atoms with Gasteiger partial charge in [-0.2, -0.15) is 0 Å². The lowest BCUT2D eigenvalue weighted by Gasteiger charge is -2.28. The molecule has 0 radical (unpaired) electrons. The van der Waals surface area contributed by atoms with Crippen LogP contribution in [-0.4, -0.2) is 32.0 Å². The predicted octanol–water partition coefficient (Wildman–Crippen LogP) is 7.95. The summed E-state index contributed by atoms with van der Waals surface area (Å²) in [4.78, 5) is 20.0. The van der Waals surface area contributed by atoms with E-state index in [0.29, 0.717) is 21.7 Å². The normalized spacial score (nSPS) is 16.6. The van der Waals surface area contributed by atoms with Crippen LogP contribution in [0.5, 0.6) is 0 Å². The number of aryl methyl sites for hydroxylation is 1. The zero-order chi connectivity index (χ0) is 29.4. The lowest BCUT2D eigenvalue weighted by Crippen LogP contribution is -2.33. The third-order valence-electron chi connectivity index (χ3n) is 7.80. The van der Waals surface area contributed by atoms with Gasteiger partial charge >= 0.3 is 0 Å². The molecule has 0 saturated carbocycles. The van der Waals surface area contributed by atoms with Gasteiger partial charge in [-0.05, 0) is 73.4 Å². The Balaban J connectivity index is 1.33. The molecule has 2 aromatic heterocycles. The van der Waals surface area contributed by atoms with Crippen molar-refractivity contribution in [2.75, 3.05) is 11.9 Å². The Labute approximate surface area is 260 Å². The summed E-state index contributed by atoms with van der Waals surface area (Å²) in [6.07, 6.45) is 2.04. The Bertz CT molecular complexity index is 1800. The molecule has 1 aliphatic heterocycles. The molecule has 1 amide bonds. The second kappa shape index (κ2) is 11.8. The van der Waals surface area contributed by atoms with Crippen LogP contribution >= 0.6 is 35.4 Å². The number of halogens is 2. The van der Waals surface area contributed by atoms with Crippen LogP contribution in [0.4, 0.5) is 5.69 Å². The van der Waals surface area contributed by atoms with E-state index >= 15 is 0 Å². The first-order chi connectivity index (χ1) is 20.3. The summed E-state index contributed by atoms with van der Waals surface area (Å²) in [5.74, 6) is -0.0784. The number of nitrogens with one attached hydrogen (secondary N) is 2. The van der Waals surface area contributed by atoms with Crippen molar-refractivity contribution in [3.63, 3.8) is 0 Å². The lowest BCUT2D eigenvalue weighted by atomic mass is 9.96. The molecule has 0 spiro atoms. The van der Waals surface area contributed by atoms with Crippen LogP contribution in [-0.2, 0) is 4.79 Å². The van der Waals surface area contributed by atoms with Gasteiger partial charge in [-0.1, -0.05) is 71.7 Å². The largest absolute Gasteiger partial charge is 0.352 e. The molecule has 3 aromatic carbocycles. The number of hydrogen-bond acceptors (Lipinski definition) is 3. The highest BCUT2D eigenvalue weighted by Gasteiger charge is 2.41. The number of benzene rings is 3. The second-order valence-electron chi connectivity index (χ2n) is 10.4. The van der Waals surface area contributed by atoms with E-state index in [1.807, 2.05) is 79.7 Å². The quantitative estimate of drug-likeness (QED) is 0.182. The van der Waals surface area contributed by atoms with Crippen LogP contribution in [0.25, 0.3) is 16.5 Å². The van der Waals surface area contributed by atoms with E-state index in [2.05, 4.69) is 38.1 Å². The summed E-state index contributed by atoms with van der Waals surface area (Å²) in [5.41, 5.74) is 5.58. The maximum absolute atomic E-state index is 13.2. The van der Waals surface area contributed by atoms with Crippen LogP contribution in [0.3, 0.4) is 0 Å². The van der Waals surface area contributed by atoms with Crippen LogP contribution in [0.2, 0.25) is 10.0 Å². The van der Waals surface area contributed by atoms with Gasteiger partial charge in [0.25, 0.3) is 0 Å². The van der Waals surface area contributed by atoms with Gasteiger partial charge in [0.1, 0.15) is 0 Å². The smallest absolute Gasteiger partial charge is 0.226 e. The molecule has 2 N–H and O–H groups in total. The number of anilines is 1. The molecule has 1 aliphatic rings. The molecule has 9 heteroatoms. The fourth-order valence-electron chi connectivity index (χ4n) is 5.88. The monoisotopic (exact) mass is 613 g/mol. The number of nitrogens with zero attached hydrogens (tertiary/aromatic N) is 3. The zero-order valence-electron chi connectivity index (χ0n) is 23.1. The molecule has 3 heterocycles. The first-order valence-corrected chi connectivity index (χ1v) is 14.9. The van der Waals surface area contributed by atoms with Crippen LogP contribution in [0, 0.1) is 13.8 Å². The molecular weight excluding hydrogens is 585 g/mol. The number of carbonyl (C=O) groups excluding carboxylic acids is 1. The van der Waals surface area contributed by atoms with E-state index in [0.717, 1.165) is 44.8 Å². The average molecular weight is 615 g/mol. The lowest BCUT2D eigenvalue weighted by molar-refractivity contribution is -0.116. The number of thiocarbonyl (C=S) groups is 1. The van der Waals surface area contributed by atoms with E-state index in [-0.39, 0.29) is 24.4 Å². The third kappa shape index (κ3) is 5.24. The van der Waals surface area contributed by atoms with Gasteiger partial charge in [0, 0.05) is 41.6 Å². The highest BCUT2D eigenvalue weighted by molar-refractivity contribution is 7.80. The fourth-order valence-corrected chi connectivity index (χ4v) is 6.59. The van der Waals surface area contributed by atoms with Gasteiger partial charge in [-0.25, -0.2) is 0 Å². The maximum Gasteiger partial charge on any atom is 0.226 e. The molecule has 0 aliphatic carbocycles. The van der Waals surface area contributed by atoms with Crippen molar-refractivity contribution in [2.45, 2.75) is 32.4 Å². The van der Waals surface area contributed by atoms with Gasteiger partial charge < -0.3 is 20.1 Å². The van der Waals surface area contributed by atoms with Gasteiger partial charge in [0.2, 0.25) is 5.91 Å². The van der Waals surface area contributed by atoms with Crippen LogP contribution < -0.4 is 10.6 Å². The molecule has 2 atom stereocenters. The molecule has 212 valence electrons. The van der Waals surface area contributed by atoms with E-state index in [1.165, 1.54) is 0 Å². The van der Waals surface area contributed by atoms with Gasteiger partial charge in [0.15, 0.2) is 5.11 Å². The first kappa shape index (κ1) is 28.2. The summed E-state index contributed by atoms with van der Waals surface area (Å²) in [5, 5.41) is 10.3. The number of aromatic nitrogens is 2. The van der Waals surface area contributed by atoms with E-state index in [9.17, 15) is 4.79 Å². The van der Waals surface area contributed by atoms with Crippen LogP contribution in [0.15, 0.2) is 91.1 Å². The van der Waals surface area contributed by atoms with Crippen molar-refractivity contribution < 1.29 is 4.79 Å². The molecule has 5 aromatic rings. The Morgan fingerprint density at radius 1 is 1.00 bits per heavy atom. The number of pyridine rings is 1. The summed E-state index contributed by atoms with van der Waals surface area (Å²) < 4.78 is 2.12. The number of rotatable bonds is 7. The van der Waals surface area contributed by atoms with Gasteiger partial charge in [-0.3, -0.25) is 9.78 Å². The Kier molecular flexibility index (Phi) is 7.90. The predicted molar refractivity (Wildman–Crippen MR) is 175 cm³/mol. The Morgan fingerprint density at radius 2 is 1.76 bits per heavy atom. The molecule has 0 unspecified atom stereocenters. The summed E-state index contributed by atoms with van der Waals surface area (Å²) in [6, 6.07) is 27.2. The average Bonchev–Trinajstić information content (AvgIpc) is 3.48. The van der Waals surface area contributed by atoms with Gasteiger partial charge in [-0.15, -0.1) is 0 Å². The highest BCUT2D eigenvalue weighted by Crippen LogP contribution is 2.42. The topological polar surface area (TPSA) is 62.2 Å². The van der Waals surface area contributed by atoms with Crippen molar-refractivity contribution in [2.24, 2.45) is 0 Å². The molecule has 6 nitrogen and oxygen atoms in total. The van der Waals surface area contributed by atoms with E-state index in [4.69, 9.17) is 35.4 Å². The van der Waals surface area contributed by atoms with Crippen molar-refractivity contribution in [3.05, 3.63) is 124 Å². The standard InChI is InChI=1S/C33H29Cl2N5OS/c1-20-19-24(21(2)40(20)28-15-8-12-25(34)30(28)35)32-31(27-13-5-6-17-36-27)38-33(42)39(32)18-16-29(41)37-26-14-7-10-22-9-3-4-11-23(22)26/h3-15,17,19,31-32H,16,18H2,1-2H3,(H,37,41)(H,38,42)/t31-,32+/m0/s1. The second-order valence-corrected chi connectivity index (χ2v) is 11.6. The Morgan fingerprint density at radius 3 is 2.57 bits per heavy atom. The zero-order valence-corrected chi connectivity index (χ0v) is 25.5. The molecule has 1 fully saturated rings. The SMILES string of the molecule is Cc1cc([C@@H]2[C@H](c3ccccn3)NC(=S)N2CCC(=O)Nc2cccc3ccccc23)c(C)n1-c1cccc(Cl)c1Cl. The Hall–Kier alpha value is -3.91.